The Labute approximate surface area is 209 Å². The van der Waals surface area contributed by atoms with Gasteiger partial charge < -0.3 is 31.3 Å². The standard InChI is InChI=1S/C20H18N6O8S2/c1-34-24-13(10-7-36-20(21)22-10)16(29)23-14-17(30)26-15(19(31)32)8(6-35-18(14)26)2-3-9-4-11(27)12(28)5-25(9)33/h2-5,7,14,18,28,33H,6H2,1H3,(H2,21,22)(H,23,29)(H,31,32)/t14-,18-/m1/s1. The van der Waals surface area contributed by atoms with Crippen LogP contribution in [-0.4, -0.2) is 77.8 Å². The number of fused-ring (bicyclic) bond motifs is 1. The van der Waals surface area contributed by atoms with Crippen LogP contribution >= 0.6 is 23.1 Å². The van der Waals surface area contributed by atoms with Gasteiger partial charge in [0.15, 0.2) is 16.6 Å². The molecule has 2 aliphatic rings. The number of carbonyl (C=O) groups excluding carboxylic acids is 2. The molecular formula is C20H18N6O8S2. The number of hydrogen-bond donors (Lipinski definition) is 5. The van der Waals surface area contributed by atoms with Crippen LogP contribution in [0.5, 0.6) is 5.75 Å². The monoisotopic (exact) mass is 534 g/mol. The van der Waals surface area contributed by atoms with E-state index >= 15 is 0 Å². The topological polar surface area (TPSA) is 210 Å². The van der Waals surface area contributed by atoms with Gasteiger partial charge in [-0.05, 0) is 11.6 Å². The number of carbonyl (C=O) groups is 3. The molecule has 0 spiro atoms. The minimum atomic E-state index is -1.37. The highest BCUT2D eigenvalue weighted by Crippen LogP contribution is 2.40. The first-order valence-corrected chi connectivity index (χ1v) is 11.9. The highest BCUT2D eigenvalue weighted by Gasteiger charge is 2.54. The summed E-state index contributed by atoms with van der Waals surface area (Å²) in [4.78, 5) is 59.1. The van der Waals surface area contributed by atoms with Gasteiger partial charge in [0, 0.05) is 17.2 Å². The van der Waals surface area contributed by atoms with E-state index in [0.717, 1.165) is 28.5 Å². The quantitative estimate of drug-likeness (QED) is 0.134. The maximum Gasteiger partial charge on any atom is 0.352 e. The summed E-state index contributed by atoms with van der Waals surface area (Å²) in [7, 11) is 1.24. The molecule has 4 rings (SSSR count). The summed E-state index contributed by atoms with van der Waals surface area (Å²) in [6.45, 7) is 0. The number of pyridine rings is 1. The third-order valence-corrected chi connectivity index (χ3v) is 7.12. The molecule has 2 aliphatic heterocycles. The van der Waals surface area contributed by atoms with Gasteiger partial charge in [0.05, 0.1) is 11.9 Å². The number of nitrogens with one attached hydrogen (secondary N) is 1. The second-order valence-corrected chi connectivity index (χ2v) is 9.35. The van der Waals surface area contributed by atoms with Crippen molar-refractivity contribution in [3.05, 3.63) is 56.6 Å². The number of nitrogens with zero attached hydrogens (tertiary/aromatic N) is 4. The fraction of sp³-hybridized carbons (Fsp3) is 0.200. The molecule has 0 aliphatic carbocycles. The summed E-state index contributed by atoms with van der Waals surface area (Å²) in [6.07, 6.45) is 3.42. The van der Waals surface area contributed by atoms with Crippen LogP contribution < -0.4 is 16.5 Å². The van der Waals surface area contributed by atoms with Gasteiger partial charge in [0.1, 0.15) is 29.9 Å². The lowest BCUT2D eigenvalue weighted by molar-refractivity contribution is -0.150. The number of nitrogen functional groups attached to an aromatic ring is 1. The predicted octanol–water partition coefficient (Wildman–Crippen LogP) is -0.368. The molecule has 6 N–H and O–H groups in total. The van der Waals surface area contributed by atoms with E-state index in [9.17, 15) is 34.6 Å². The highest BCUT2D eigenvalue weighted by molar-refractivity contribution is 8.00. The van der Waals surface area contributed by atoms with Crippen molar-refractivity contribution < 1.29 is 34.6 Å². The number of thioether (sulfide) groups is 1. The van der Waals surface area contributed by atoms with Crippen LogP contribution in [0.25, 0.3) is 6.08 Å². The number of rotatable bonds is 7. The van der Waals surface area contributed by atoms with Crippen LogP contribution in [-0.2, 0) is 19.2 Å². The Bertz CT molecular complexity index is 1410. The molecule has 188 valence electrons. The first-order valence-electron chi connectivity index (χ1n) is 10.00. The minimum absolute atomic E-state index is 0.0186. The number of amides is 2. The molecule has 4 heterocycles. The number of aromatic hydroxyl groups is 1. The van der Waals surface area contributed by atoms with E-state index < -0.39 is 40.4 Å². The number of hydrogen-bond acceptors (Lipinski definition) is 12. The molecule has 36 heavy (non-hydrogen) atoms. The van der Waals surface area contributed by atoms with Crippen LogP contribution in [0.2, 0.25) is 0 Å². The summed E-state index contributed by atoms with van der Waals surface area (Å²) in [6, 6.07) is -0.0683. The van der Waals surface area contributed by atoms with Crippen LogP contribution in [0.4, 0.5) is 5.13 Å². The molecule has 16 heteroatoms. The number of thiazole rings is 1. The van der Waals surface area contributed by atoms with Crippen LogP contribution in [0, 0.1) is 0 Å². The van der Waals surface area contributed by atoms with E-state index in [2.05, 4.69) is 15.5 Å². The van der Waals surface area contributed by atoms with Crippen molar-refractivity contribution in [2.45, 2.75) is 11.4 Å². The van der Waals surface area contributed by atoms with E-state index in [1.807, 2.05) is 0 Å². The largest absolute Gasteiger partial charge is 0.503 e. The molecular weight excluding hydrogens is 516 g/mol. The smallest absolute Gasteiger partial charge is 0.352 e. The Balaban J connectivity index is 1.56. The Hall–Kier alpha value is -4.31. The van der Waals surface area contributed by atoms with E-state index in [0.29, 0.717) is 4.73 Å². The van der Waals surface area contributed by atoms with Gasteiger partial charge in [-0.15, -0.1) is 23.1 Å². The highest BCUT2D eigenvalue weighted by atomic mass is 32.2. The third-order valence-electron chi connectivity index (χ3n) is 5.14. The van der Waals surface area contributed by atoms with Crippen molar-refractivity contribution in [3.8, 4) is 5.75 Å². The van der Waals surface area contributed by atoms with Crippen LogP contribution in [0.3, 0.4) is 0 Å². The number of carboxylic acids is 1. The second kappa shape index (κ2) is 9.74. The number of oxime groups is 1. The van der Waals surface area contributed by atoms with Crippen molar-refractivity contribution in [2.75, 3.05) is 18.6 Å². The summed E-state index contributed by atoms with van der Waals surface area (Å²) in [5, 5.41) is 36.2. The second-order valence-electron chi connectivity index (χ2n) is 7.36. The van der Waals surface area contributed by atoms with Gasteiger partial charge in [-0.3, -0.25) is 19.3 Å². The minimum Gasteiger partial charge on any atom is -0.503 e. The van der Waals surface area contributed by atoms with E-state index in [1.54, 1.807) is 0 Å². The van der Waals surface area contributed by atoms with Crippen molar-refractivity contribution in [1.82, 2.24) is 19.9 Å². The Kier molecular flexibility index (Phi) is 6.71. The third kappa shape index (κ3) is 4.50. The summed E-state index contributed by atoms with van der Waals surface area (Å²) < 4.78 is 0.502. The first kappa shape index (κ1) is 24.8. The van der Waals surface area contributed by atoms with Gasteiger partial charge in [-0.1, -0.05) is 11.2 Å². The molecule has 2 aromatic rings. The molecule has 14 nitrogen and oxygen atoms in total. The fourth-order valence-electron chi connectivity index (χ4n) is 3.51. The molecule has 0 radical (unpaired) electrons. The van der Waals surface area contributed by atoms with Gasteiger partial charge in [0.25, 0.3) is 11.8 Å². The first-order chi connectivity index (χ1) is 17.1. The Morgan fingerprint density at radius 1 is 1.36 bits per heavy atom. The molecule has 2 aromatic heterocycles. The van der Waals surface area contributed by atoms with E-state index in [4.69, 9.17) is 10.6 Å². The SMILES string of the molecule is CON=C(C(=O)N[C@@H]1C(=O)N2C(C(=O)O)=C(C=Cc3cc(=O)c(O)cn3O)CS[C@H]12)c1csc(N)n1. The number of carboxylic acid groups (broad SMARTS) is 1. The number of β-lactam (4-membered cyclic amide) rings is 1. The molecule has 2 atom stereocenters. The zero-order chi connectivity index (χ0) is 26.1. The average molecular weight is 535 g/mol. The Morgan fingerprint density at radius 2 is 2.11 bits per heavy atom. The number of allylic oxidation sites excluding steroid dienone is 1. The van der Waals surface area contributed by atoms with Crippen molar-refractivity contribution in [2.24, 2.45) is 5.16 Å². The average Bonchev–Trinajstić information content (AvgIpc) is 3.27. The molecule has 0 unspecified atom stereocenters. The molecule has 1 fully saturated rings. The number of anilines is 1. The summed E-state index contributed by atoms with van der Waals surface area (Å²) in [5.74, 6) is -3.28. The lowest BCUT2D eigenvalue weighted by atomic mass is 10.0. The summed E-state index contributed by atoms with van der Waals surface area (Å²) >= 11 is 2.30. The lowest BCUT2D eigenvalue weighted by Crippen LogP contribution is -2.71. The molecule has 0 bridgehead atoms. The van der Waals surface area contributed by atoms with Gasteiger partial charge >= 0.3 is 5.97 Å². The number of nitrogens with two attached hydrogens (primary N) is 1. The molecule has 2 amide bonds. The van der Waals surface area contributed by atoms with E-state index in [1.165, 1.54) is 36.4 Å². The zero-order valence-corrected chi connectivity index (χ0v) is 19.9. The number of aliphatic carboxylic acids is 1. The maximum atomic E-state index is 12.9. The fourth-order valence-corrected chi connectivity index (χ4v) is 5.38. The van der Waals surface area contributed by atoms with Gasteiger partial charge in [0.2, 0.25) is 5.43 Å². The van der Waals surface area contributed by atoms with Crippen molar-refractivity contribution >= 4 is 57.8 Å². The van der Waals surface area contributed by atoms with Gasteiger partial charge in [-0.2, -0.15) is 4.73 Å². The molecule has 0 saturated carbocycles. The zero-order valence-electron chi connectivity index (χ0n) is 18.3. The maximum absolute atomic E-state index is 12.9. The predicted molar refractivity (Wildman–Crippen MR) is 128 cm³/mol. The van der Waals surface area contributed by atoms with E-state index in [-0.39, 0.29) is 39.3 Å². The van der Waals surface area contributed by atoms with Crippen molar-refractivity contribution in [1.29, 1.82) is 0 Å². The summed E-state index contributed by atoms with van der Waals surface area (Å²) in [5.41, 5.74) is 4.76. The Morgan fingerprint density at radius 3 is 2.75 bits per heavy atom. The molecule has 0 aromatic carbocycles. The number of aromatic nitrogens is 2. The molecule has 1 saturated heterocycles. The van der Waals surface area contributed by atoms with Crippen LogP contribution in [0.15, 0.2) is 44.9 Å². The normalized spacial score (nSPS) is 19.8. The van der Waals surface area contributed by atoms with Gasteiger partial charge in [-0.25, -0.2) is 9.78 Å². The lowest BCUT2D eigenvalue weighted by Gasteiger charge is -2.49. The van der Waals surface area contributed by atoms with Crippen LogP contribution in [0.1, 0.15) is 11.4 Å². The van der Waals surface area contributed by atoms with Crippen molar-refractivity contribution in [3.63, 3.8) is 0 Å².